The number of nitrogens with one attached hydrogen (secondary N) is 4. The van der Waals surface area contributed by atoms with Crippen molar-refractivity contribution < 1.29 is 23.1 Å². The second kappa shape index (κ2) is 16.4. The Morgan fingerprint density at radius 3 is 1.80 bits per heavy atom. The Morgan fingerprint density at radius 1 is 0.696 bits per heavy atom. The van der Waals surface area contributed by atoms with Gasteiger partial charge in [0.1, 0.15) is 23.7 Å². The van der Waals surface area contributed by atoms with Crippen molar-refractivity contribution in [3.8, 4) is 5.75 Å². The first-order valence-electron chi connectivity index (χ1n) is 14.9. The highest BCUT2D eigenvalue weighted by atomic mass is 32.2. The molecule has 0 saturated carbocycles. The van der Waals surface area contributed by atoms with E-state index in [4.69, 9.17) is 11.1 Å². The summed E-state index contributed by atoms with van der Waals surface area (Å²) in [5.41, 5.74) is 9.26. The van der Waals surface area contributed by atoms with Crippen molar-refractivity contribution in [2.45, 2.75) is 50.1 Å². The predicted octanol–water partition coefficient (Wildman–Crippen LogP) is 3.53. The number of hydrogen-bond acceptors (Lipinski definition) is 6. The fourth-order valence-corrected chi connectivity index (χ4v) is 6.25. The van der Waals surface area contributed by atoms with Gasteiger partial charge in [-0.1, -0.05) is 97.1 Å². The number of sulfonamides is 1. The van der Waals surface area contributed by atoms with Crippen LogP contribution in [-0.4, -0.2) is 43.3 Å². The van der Waals surface area contributed by atoms with Crippen molar-refractivity contribution in [2.75, 3.05) is 0 Å². The van der Waals surface area contributed by atoms with Gasteiger partial charge in [0.05, 0.1) is 5.75 Å². The monoisotopic (exact) mass is 641 g/mol. The SMILES string of the molecule is N=C(N)c1ccc(CNC(=O)C(CCc2ccccc2)NC(=O)C(CCc2ccc(O)cc2)NS(=O)(=O)Cc2ccccc2)cc1. The number of carbonyl (C=O) groups is 2. The van der Waals surface area contributed by atoms with Crippen molar-refractivity contribution >= 4 is 27.7 Å². The van der Waals surface area contributed by atoms with Crippen molar-refractivity contribution in [1.29, 1.82) is 5.41 Å². The van der Waals surface area contributed by atoms with E-state index in [1.54, 1.807) is 66.7 Å². The second-order valence-electron chi connectivity index (χ2n) is 11.0. The average molecular weight is 642 g/mol. The summed E-state index contributed by atoms with van der Waals surface area (Å²) in [6.07, 6.45) is 1.26. The Bertz CT molecular complexity index is 1700. The van der Waals surface area contributed by atoms with E-state index in [-0.39, 0.29) is 36.7 Å². The third-order valence-corrected chi connectivity index (χ3v) is 8.78. The van der Waals surface area contributed by atoms with Crippen LogP contribution < -0.4 is 21.1 Å². The van der Waals surface area contributed by atoms with Gasteiger partial charge in [0.25, 0.3) is 0 Å². The van der Waals surface area contributed by atoms with Crippen LogP contribution in [0.3, 0.4) is 0 Å². The molecule has 7 N–H and O–H groups in total. The average Bonchev–Trinajstić information content (AvgIpc) is 3.05. The van der Waals surface area contributed by atoms with Gasteiger partial charge in [-0.15, -0.1) is 0 Å². The van der Waals surface area contributed by atoms with E-state index in [0.717, 1.165) is 16.7 Å². The molecule has 2 amide bonds. The summed E-state index contributed by atoms with van der Waals surface area (Å²) in [4.78, 5) is 27.2. The molecule has 11 heteroatoms. The van der Waals surface area contributed by atoms with E-state index < -0.39 is 33.9 Å². The summed E-state index contributed by atoms with van der Waals surface area (Å²) in [7, 11) is -3.93. The molecule has 0 spiro atoms. The maximum absolute atomic E-state index is 13.8. The minimum Gasteiger partial charge on any atom is -0.508 e. The van der Waals surface area contributed by atoms with Crippen LogP contribution in [0.2, 0.25) is 0 Å². The fraction of sp³-hybridized carbons (Fsp3) is 0.229. The normalized spacial score (nSPS) is 12.5. The summed E-state index contributed by atoms with van der Waals surface area (Å²) < 4.78 is 29.0. The Morgan fingerprint density at radius 2 is 1.22 bits per heavy atom. The molecule has 0 aromatic heterocycles. The summed E-state index contributed by atoms with van der Waals surface area (Å²) >= 11 is 0. The number of nitrogens with two attached hydrogens (primary N) is 1. The number of benzene rings is 4. The Balaban J connectivity index is 1.51. The smallest absolute Gasteiger partial charge is 0.242 e. The van der Waals surface area contributed by atoms with Crippen molar-refractivity contribution in [1.82, 2.24) is 15.4 Å². The molecule has 4 aromatic rings. The first-order chi connectivity index (χ1) is 22.1. The van der Waals surface area contributed by atoms with Crippen LogP contribution in [0.25, 0.3) is 0 Å². The van der Waals surface area contributed by atoms with E-state index in [2.05, 4.69) is 15.4 Å². The number of rotatable bonds is 16. The molecule has 0 heterocycles. The number of aromatic hydroxyl groups is 1. The molecule has 4 rings (SSSR count). The van der Waals surface area contributed by atoms with Gasteiger partial charge >= 0.3 is 0 Å². The zero-order chi connectivity index (χ0) is 32.9. The lowest BCUT2D eigenvalue weighted by Gasteiger charge is -2.23. The van der Waals surface area contributed by atoms with E-state index in [0.29, 0.717) is 24.0 Å². The number of amides is 2. The minimum atomic E-state index is -3.93. The lowest BCUT2D eigenvalue weighted by molar-refractivity contribution is -0.130. The first-order valence-corrected chi connectivity index (χ1v) is 16.6. The van der Waals surface area contributed by atoms with Gasteiger partial charge in [-0.3, -0.25) is 15.0 Å². The van der Waals surface area contributed by atoms with Gasteiger partial charge in [-0.2, -0.15) is 0 Å². The maximum Gasteiger partial charge on any atom is 0.242 e. The van der Waals surface area contributed by atoms with Gasteiger partial charge in [-0.25, -0.2) is 13.1 Å². The third kappa shape index (κ3) is 10.9. The van der Waals surface area contributed by atoms with Crippen molar-refractivity contribution in [3.63, 3.8) is 0 Å². The molecular formula is C35H39N5O5S. The van der Waals surface area contributed by atoms with E-state index in [1.165, 1.54) is 12.1 Å². The Labute approximate surface area is 269 Å². The van der Waals surface area contributed by atoms with E-state index in [9.17, 15) is 23.1 Å². The molecule has 0 radical (unpaired) electrons. The van der Waals surface area contributed by atoms with Crippen molar-refractivity contribution in [3.05, 3.63) is 137 Å². The highest BCUT2D eigenvalue weighted by Crippen LogP contribution is 2.14. The number of hydrogen-bond donors (Lipinski definition) is 6. The molecule has 0 bridgehead atoms. The van der Waals surface area contributed by atoms with Gasteiger partial charge in [0.15, 0.2) is 0 Å². The van der Waals surface area contributed by atoms with Crippen LogP contribution in [0.4, 0.5) is 0 Å². The lowest BCUT2D eigenvalue weighted by Crippen LogP contribution is -2.54. The number of phenolic OH excluding ortho intramolecular Hbond substituents is 1. The standard InChI is InChI=1S/C35H39N5O5S/c36-33(37)29-17-11-27(12-18-29)23-38-34(42)31(21-15-25-7-3-1-4-8-25)39-35(43)32(22-16-26-13-19-30(41)20-14-26)40-46(44,45)24-28-9-5-2-6-10-28/h1-14,17-20,31-32,40-41H,15-16,21-24H2,(H3,36,37)(H,38,42)(H,39,43). The van der Waals surface area contributed by atoms with Crippen LogP contribution in [0, 0.1) is 5.41 Å². The molecule has 240 valence electrons. The van der Waals surface area contributed by atoms with Crippen LogP contribution in [-0.2, 0) is 44.8 Å². The molecule has 10 nitrogen and oxygen atoms in total. The van der Waals surface area contributed by atoms with Crippen LogP contribution in [0.15, 0.2) is 109 Å². The molecule has 0 saturated heterocycles. The Hall–Kier alpha value is -5.00. The third-order valence-electron chi connectivity index (χ3n) is 7.43. The maximum atomic E-state index is 13.8. The predicted molar refractivity (Wildman–Crippen MR) is 178 cm³/mol. The Kier molecular flexibility index (Phi) is 12.0. The van der Waals surface area contributed by atoms with E-state index >= 15 is 0 Å². The van der Waals surface area contributed by atoms with Gasteiger partial charge in [0, 0.05) is 12.1 Å². The fourth-order valence-electron chi connectivity index (χ4n) is 4.88. The molecule has 0 aliphatic rings. The lowest BCUT2D eigenvalue weighted by atomic mass is 10.0. The number of phenols is 1. The molecule has 46 heavy (non-hydrogen) atoms. The second-order valence-corrected chi connectivity index (χ2v) is 12.8. The van der Waals surface area contributed by atoms with Gasteiger partial charge in [-0.05, 0) is 60.1 Å². The number of nitrogen functional groups attached to an aromatic ring is 1. The summed E-state index contributed by atoms with van der Waals surface area (Å²) in [6.45, 7) is 0.183. The summed E-state index contributed by atoms with van der Waals surface area (Å²) in [6, 6.07) is 29.5. The van der Waals surface area contributed by atoms with Crippen molar-refractivity contribution in [2.24, 2.45) is 5.73 Å². The number of aryl methyl sites for hydroxylation is 2. The van der Waals surface area contributed by atoms with Crippen LogP contribution in [0.5, 0.6) is 5.75 Å². The zero-order valence-corrected chi connectivity index (χ0v) is 26.2. The van der Waals surface area contributed by atoms with Gasteiger partial charge < -0.3 is 21.5 Å². The molecular weight excluding hydrogens is 602 g/mol. The number of amidine groups is 1. The molecule has 0 aliphatic carbocycles. The quantitative estimate of drug-likeness (QED) is 0.0806. The van der Waals surface area contributed by atoms with Crippen LogP contribution in [0.1, 0.15) is 40.7 Å². The minimum absolute atomic E-state index is 0.0568. The topological polar surface area (TPSA) is 174 Å². The largest absolute Gasteiger partial charge is 0.508 e. The molecule has 0 aliphatic heterocycles. The van der Waals surface area contributed by atoms with Gasteiger partial charge in [0.2, 0.25) is 21.8 Å². The molecule has 2 atom stereocenters. The highest BCUT2D eigenvalue weighted by Gasteiger charge is 2.29. The summed E-state index contributed by atoms with van der Waals surface area (Å²) in [5, 5.41) is 22.9. The van der Waals surface area contributed by atoms with Crippen LogP contribution >= 0.6 is 0 Å². The molecule has 0 fully saturated rings. The zero-order valence-electron chi connectivity index (χ0n) is 25.4. The molecule has 2 unspecified atom stereocenters. The van der Waals surface area contributed by atoms with E-state index in [1.807, 2.05) is 30.3 Å². The first kappa shape index (κ1) is 33.9. The molecule has 4 aromatic carbocycles. The highest BCUT2D eigenvalue weighted by molar-refractivity contribution is 7.88. The number of carbonyl (C=O) groups excluding carboxylic acids is 2. The summed E-state index contributed by atoms with van der Waals surface area (Å²) in [5.74, 6) is -1.29.